The molecule has 0 aliphatic carbocycles. The Kier molecular flexibility index (Phi) is 3.94. The van der Waals surface area contributed by atoms with Crippen molar-refractivity contribution in [1.29, 1.82) is 0 Å². The first kappa shape index (κ1) is 11.9. The second-order valence-electron chi connectivity index (χ2n) is 3.91. The van der Waals surface area contributed by atoms with Crippen LogP contribution in [0.5, 0.6) is 0 Å². The number of benzene rings is 2. The molecule has 0 radical (unpaired) electrons. The predicted molar refractivity (Wildman–Crippen MR) is 71.3 cm³/mol. The number of alkyl halides is 1. The van der Waals surface area contributed by atoms with Crippen LogP contribution in [0.1, 0.15) is 5.56 Å². The van der Waals surface area contributed by atoms with E-state index in [4.69, 9.17) is 11.6 Å². The van der Waals surface area contributed by atoms with Crippen molar-refractivity contribution in [2.75, 3.05) is 5.88 Å². The van der Waals surface area contributed by atoms with Gasteiger partial charge in [0.15, 0.2) is 5.78 Å². The van der Waals surface area contributed by atoms with Crippen LogP contribution in [0.4, 0.5) is 0 Å². The summed E-state index contributed by atoms with van der Waals surface area (Å²) in [5.74, 6) is 0.139. The number of carbonyl (C=O) groups is 1. The second-order valence-corrected chi connectivity index (χ2v) is 4.18. The Bertz CT molecular complexity index is 488. The Balaban J connectivity index is 2.16. The molecule has 2 heteroatoms. The van der Waals surface area contributed by atoms with Gasteiger partial charge in [-0.2, -0.15) is 0 Å². The van der Waals surface area contributed by atoms with E-state index >= 15 is 0 Å². The lowest BCUT2D eigenvalue weighted by atomic mass is 10.0. The fourth-order valence-electron chi connectivity index (χ4n) is 1.72. The lowest BCUT2D eigenvalue weighted by Crippen LogP contribution is -2.03. The van der Waals surface area contributed by atoms with Gasteiger partial charge in [0, 0.05) is 6.42 Å². The first-order valence-electron chi connectivity index (χ1n) is 5.51. The normalized spacial score (nSPS) is 10.2. The zero-order valence-electron chi connectivity index (χ0n) is 9.40. The summed E-state index contributed by atoms with van der Waals surface area (Å²) in [7, 11) is 0. The highest BCUT2D eigenvalue weighted by Crippen LogP contribution is 2.19. The lowest BCUT2D eigenvalue weighted by Gasteiger charge is -2.03. The summed E-state index contributed by atoms with van der Waals surface area (Å²) in [4.78, 5) is 11.2. The molecule has 0 atom stereocenters. The first-order valence-corrected chi connectivity index (χ1v) is 6.05. The van der Waals surface area contributed by atoms with E-state index in [2.05, 4.69) is 12.1 Å². The minimum absolute atomic E-state index is 0.0547. The number of ketones is 1. The van der Waals surface area contributed by atoms with Gasteiger partial charge < -0.3 is 0 Å². The van der Waals surface area contributed by atoms with Crippen LogP contribution in [-0.2, 0) is 11.2 Å². The summed E-state index contributed by atoms with van der Waals surface area (Å²) in [5.41, 5.74) is 3.35. The number of rotatable bonds is 4. The van der Waals surface area contributed by atoms with Crippen molar-refractivity contribution < 1.29 is 4.79 Å². The smallest absolute Gasteiger partial charge is 0.151 e. The van der Waals surface area contributed by atoms with Gasteiger partial charge in [0.05, 0.1) is 5.88 Å². The highest BCUT2D eigenvalue weighted by Gasteiger charge is 2.02. The van der Waals surface area contributed by atoms with Crippen LogP contribution in [-0.4, -0.2) is 11.7 Å². The van der Waals surface area contributed by atoms with E-state index < -0.39 is 0 Å². The lowest BCUT2D eigenvalue weighted by molar-refractivity contribution is -0.116. The SMILES string of the molecule is O=C(CCl)Cc1ccc(-c2ccccc2)cc1. The summed E-state index contributed by atoms with van der Waals surface area (Å²) in [6, 6.07) is 18.2. The second kappa shape index (κ2) is 5.65. The number of hydrogen-bond acceptors (Lipinski definition) is 1. The average molecular weight is 245 g/mol. The minimum Gasteiger partial charge on any atom is -0.298 e. The van der Waals surface area contributed by atoms with Gasteiger partial charge >= 0.3 is 0 Å². The zero-order chi connectivity index (χ0) is 12.1. The Morgan fingerprint density at radius 2 is 1.47 bits per heavy atom. The predicted octanol–water partition coefficient (Wildman–Crippen LogP) is 3.70. The summed E-state index contributed by atoms with van der Waals surface area (Å²) >= 11 is 5.48. The third kappa shape index (κ3) is 3.18. The molecule has 2 aromatic carbocycles. The highest BCUT2D eigenvalue weighted by molar-refractivity contribution is 6.27. The molecule has 86 valence electrons. The van der Waals surface area contributed by atoms with Gasteiger partial charge in [0.25, 0.3) is 0 Å². The maximum atomic E-state index is 11.2. The van der Waals surface area contributed by atoms with E-state index in [1.807, 2.05) is 42.5 Å². The van der Waals surface area contributed by atoms with E-state index in [1.165, 1.54) is 5.56 Å². The van der Waals surface area contributed by atoms with Crippen molar-refractivity contribution in [3.05, 3.63) is 60.2 Å². The Morgan fingerprint density at radius 1 is 0.882 bits per heavy atom. The van der Waals surface area contributed by atoms with E-state index in [9.17, 15) is 4.79 Å². The van der Waals surface area contributed by atoms with E-state index in [-0.39, 0.29) is 11.7 Å². The molecule has 0 aliphatic heterocycles. The third-order valence-electron chi connectivity index (χ3n) is 2.61. The molecule has 0 aromatic heterocycles. The van der Waals surface area contributed by atoms with E-state index in [0.29, 0.717) is 6.42 Å². The molecule has 2 aromatic rings. The molecule has 0 heterocycles. The van der Waals surface area contributed by atoms with Gasteiger partial charge in [-0.15, -0.1) is 11.6 Å². The van der Waals surface area contributed by atoms with Gasteiger partial charge in [-0.3, -0.25) is 4.79 Å². The Labute approximate surface area is 106 Å². The molecular formula is C15H13ClO. The maximum Gasteiger partial charge on any atom is 0.151 e. The topological polar surface area (TPSA) is 17.1 Å². The largest absolute Gasteiger partial charge is 0.298 e. The number of carbonyl (C=O) groups excluding carboxylic acids is 1. The summed E-state index contributed by atoms with van der Waals surface area (Å²) < 4.78 is 0. The van der Waals surface area contributed by atoms with E-state index in [1.54, 1.807) is 0 Å². The van der Waals surface area contributed by atoms with Crippen LogP contribution in [0.15, 0.2) is 54.6 Å². The standard InChI is InChI=1S/C15H13ClO/c16-11-15(17)10-12-6-8-14(9-7-12)13-4-2-1-3-5-13/h1-9H,10-11H2. The van der Waals surface area contributed by atoms with Crippen molar-refractivity contribution in [2.24, 2.45) is 0 Å². The molecule has 0 saturated heterocycles. The first-order chi connectivity index (χ1) is 8.29. The molecule has 0 unspecified atom stereocenters. The van der Waals surface area contributed by atoms with Gasteiger partial charge in [-0.1, -0.05) is 54.6 Å². The number of hydrogen-bond donors (Lipinski definition) is 0. The molecule has 0 N–H and O–H groups in total. The average Bonchev–Trinajstić information content (AvgIpc) is 2.40. The monoisotopic (exact) mass is 244 g/mol. The van der Waals surface area contributed by atoms with Gasteiger partial charge in [0.1, 0.15) is 0 Å². The van der Waals surface area contributed by atoms with Crippen LogP contribution in [0.3, 0.4) is 0 Å². The van der Waals surface area contributed by atoms with Crippen LogP contribution >= 0.6 is 11.6 Å². The van der Waals surface area contributed by atoms with Crippen molar-refractivity contribution in [3.63, 3.8) is 0 Å². The quantitative estimate of drug-likeness (QED) is 0.750. The molecular weight excluding hydrogens is 232 g/mol. The summed E-state index contributed by atoms with van der Waals surface area (Å²) in [5, 5.41) is 0. The fourth-order valence-corrected chi connectivity index (χ4v) is 1.82. The molecule has 1 nitrogen and oxygen atoms in total. The molecule has 0 spiro atoms. The maximum absolute atomic E-state index is 11.2. The molecule has 0 amide bonds. The van der Waals surface area contributed by atoms with Crippen molar-refractivity contribution in [1.82, 2.24) is 0 Å². The third-order valence-corrected chi connectivity index (χ3v) is 2.91. The molecule has 0 fully saturated rings. The van der Waals surface area contributed by atoms with Crippen molar-refractivity contribution >= 4 is 17.4 Å². The van der Waals surface area contributed by atoms with Gasteiger partial charge in [-0.05, 0) is 16.7 Å². The number of halogens is 1. The highest BCUT2D eigenvalue weighted by atomic mass is 35.5. The van der Waals surface area contributed by atoms with Crippen molar-refractivity contribution in [2.45, 2.75) is 6.42 Å². The molecule has 2 rings (SSSR count). The summed E-state index contributed by atoms with van der Waals surface area (Å²) in [6.45, 7) is 0. The Morgan fingerprint density at radius 3 is 2.06 bits per heavy atom. The van der Waals surface area contributed by atoms with Gasteiger partial charge in [-0.25, -0.2) is 0 Å². The Hall–Kier alpha value is -1.60. The summed E-state index contributed by atoms with van der Waals surface area (Å²) in [6.07, 6.45) is 0.415. The van der Waals surface area contributed by atoms with Crippen LogP contribution in [0.25, 0.3) is 11.1 Å². The van der Waals surface area contributed by atoms with Gasteiger partial charge in [0.2, 0.25) is 0 Å². The number of Topliss-reactive ketones (excluding diaryl/α,β-unsaturated/α-hetero) is 1. The van der Waals surface area contributed by atoms with Crippen LogP contribution in [0.2, 0.25) is 0 Å². The zero-order valence-corrected chi connectivity index (χ0v) is 10.2. The minimum atomic E-state index is 0.0547. The molecule has 0 bridgehead atoms. The fraction of sp³-hybridized carbons (Fsp3) is 0.133. The van der Waals surface area contributed by atoms with E-state index in [0.717, 1.165) is 11.1 Å². The van der Waals surface area contributed by atoms with Crippen LogP contribution < -0.4 is 0 Å². The van der Waals surface area contributed by atoms with Crippen molar-refractivity contribution in [3.8, 4) is 11.1 Å². The van der Waals surface area contributed by atoms with Crippen LogP contribution in [0, 0.1) is 0 Å². The molecule has 0 saturated carbocycles. The molecule has 0 aliphatic rings. The molecule has 17 heavy (non-hydrogen) atoms.